The number of amides is 1. The highest BCUT2D eigenvalue weighted by atomic mass is 35.6. The van der Waals surface area contributed by atoms with Gasteiger partial charge in [0.05, 0.1) is 19.5 Å². The van der Waals surface area contributed by atoms with E-state index >= 15 is 0 Å². The third-order valence-electron chi connectivity index (χ3n) is 2.26. The van der Waals surface area contributed by atoms with Crippen LogP contribution >= 0.6 is 42.4 Å². The molecule has 0 saturated carbocycles. The summed E-state index contributed by atoms with van der Waals surface area (Å²) in [5.41, 5.74) is 0. The Kier molecular flexibility index (Phi) is 7.04. The summed E-state index contributed by atoms with van der Waals surface area (Å²) in [7, 11) is -3.88. The summed E-state index contributed by atoms with van der Waals surface area (Å²) in [5, 5.41) is 2.33. The van der Waals surface area contributed by atoms with Crippen LogP contribution in [0.2, 0.25) is 0 Å². The van der Waals surface area contributed by atoms with Gasteiger partial charge in [-0.1, -0.05) is 34.8 Å². The van der Waals surface area contributed by atoms with Crippen LogP contribution in [0, 0.1) is 0 Å². The minimum atomic E-state index is -3.88. The highest BCUT2D eigenvalue weighted by molar-refractivity contribution is 7.55. The van der Waals surface area contributed by atoms with Gasteiger partial charge in [-0.3, -0.25) is 9.36 Å². The molecule has 0 aliphatic heterocycles. The molecule has 0 aliphatic rings. The third-order valence-corrected chi connectivity index (χ3v) is 5.75. The second-order valence-electron chi connectivity index (χ2n) is 3.77. The molecule has 1 aromatic rings. The highest BCUT2D eigenvalue weighted by Gasteiger charge is 2.50. The van der Waals surface area contributed by atoms with Gasteiger partial charge in [-0.2, -0.15) is 0 Å². The molecule has 0 aromatic carbocycles. The summed E-state index contributed by atoms with van der Waals surface area (Å²) in [6.45, 7) is 3.33. The fourth-order valence-electron chi connectivity index (χ4n) is 1.49. The van der Waals surface area contributed by atoms with Crippen molar-refractivity contribution in [3.63, 3.8) is 0 Å². The monoisotopic (exact) mass is 377 g/mol. The first-order chi connectivity index (χ1) is 9.74. The molecule has 120 valence electrons. The normalized spacial score (nSPS) is 14.0. The molecule has 0 spiro atoms. The van der Waals surface area contributed by atoms with Gasteiger partial charge in [0, 0.05) is 0 Å². The quantitative estimate of drug-likeness (QED) is 0.574. The Morgan fingerprint density at radius 1 is 1.38 bits per heavy atom. The predicted molar refractivity (Wildman–Crippen MR) is 81.1 cm³/mol. The summed E-state index contributed by atoms with van der Waals surface area (Å²) < 4.78 is 25.8. The fraction of sp³-hybridized carbons (Fsp3) is 0.545. The average molecular weight is 379 g/mol. The zero-order valence-electron chi connectivity index (χ0n) is 11.3. The molecule has 21 heavy (non-hydrogen) atoms. The van der Waals surface area contributed by atoms with Crippen molar-refractivity contribution in [1.29, 1.82) is 0 Å². The molecule has 0 fully saturated rings. The van der Waals surface area contributed by atoms with E-state index in [2.05, 4.69) is 5.32 Å². The van der Waals surface area contributed by atoms with Crippen molar-refractivity contribution in [2.24, 2.45) is 0 Å². The summed E-state index contributed by atoms with van der Waals surface area (Å²) in [6.07, 6.45) is 1.31. The van der Waals surface area contributed by atoms with Crippen LogP contribution < -0.4 is 5.32 Å². The van der Waals surface area contributed by atoms with E-state index in [1.807, 2.05) is 0 Å². The van der Waals surface area contributed by atoms with Gasteiger partial charge >= 0.3 is 7.60 Å². The van der Waals surface area contributed by atoms with Crippen LogP contribution in [-0.4, -0.2) is 28.7 Å². The molecule has 1 heterocycles. The Morgan fingerprint density at radius 2 is 1.95 bits per heavy atom. The zero-order chi connectivity index (χ0) is 16.1. The van der Waals surface area contributed by atoms with E-state index in [4.69, 9.17) is 48.3 Å². The van der Waals surface area contributed by atoms with Gasteiger partial charge in [0.25, 0.3) is 5.91 Å². The predicted octanol–water partition coefficient (Wildman–Crippen LogP) is 3.97. The first-order valence-corrected chi connectivity index (χ1v) is 8.79. The van der Waals surface area contributed by atoms with E-state index in [1.54, 1.807) is 13.8 Å². The second kappa shape index (κ2) is 7.86. The van der Waals surface area contributed by atoms with Gasteiger partial charge in [0.15, 0.2) is 11.5 Å². The van der Waals surface area contributed by atoms with Gasteiger partial charge in [-0.05, 0) is 26.0 Å². The SMILES string of the molecule is CCOP(=O)(OCC)[C@@H](NC(=O)c1ccco1)C(Cl)(Cl)Cl. The van der Waals surface area contributed by atoms with Crippen LogP contribution in [0.15, 0.2) is 22.8 Å². The molecule has 0 bridgehead atoms. The maximum absolute atomic E-state index is 12.7. The van der Waals surface area contributed by atoms with Crippen LogP contribution in [0.1, 0.15) is 24.4 Å². The highest BCUT2D eigenvalue weighted by Crippen LogP contribution is 2.58. The molecule has 0 radical (unpaired) electrons. The van der Waals surface area contributed by atoms with E-state index < -0.39 is 23.1 Å². The number of hydrogen-bond donors (Lipinski definition) is 1. The third kappa shape index (κ3) is 5.16. The summed E-state index contributed by atoms with van der Waals surface area (Å²) in [6, 6.07) is 2.93. The Balaban J connectivity index is 3.05. The number of alkyl halides is 3. The molecule has 1 aromatic heterocycles. The minimum absolute atomic E-state index is 0.0196. The molecule has 1 N–H and O–H groups in total. The molecule has 0 aliphatic carbocycles. The smallest absolute Gasteiger partial charge is 0.357 e. The summed E-state index contributed by atoms with van der Waals surface area (Å²) in [5.74, 6) is -2.20. The van der Waals surface area contributed by atoms with Crippen molar-refractivity contribution in [2.75, 3.05) is 13.2 Å². The maximum Gasteiger partial charge on any atom is 0.357 e. The number of carbonyl (C=O) groups is 1. The average Bonchev–Trinajstić information content (AvgIpc) is 2.88. The van der Waals surface area contributed by atoms with E-state index in [1.165, 1.54) is 18.4 Å². The number of furan rings is 1. The fourth-order valence-corrected chi connectivity index (χ4v) is 4.46. The van der Waals surface area contributed by atoms with Crippen molar-refractivity contribution in [3.05, 3.63) is 24.2 Å². The number of hydrogen-bond acceptors (Lipinski definition) is 5. The molecular formula is C11H15Cl3NO5P. The molecule has 10 heteroatoms. The van der Waals surface area contributed by atoms with Gasteiger partial charge in [0.2, 0.25) is 3.79 Å². The molecule has 6 nitrogen and oxygen atoms in total. The van der Waals surface area contributed by atoms with Crippen LogP contribution in [0.5, 0.6) is 0 Å². The van der Waals surface area contributed by atoms with E-state index in [0.717, 1.165) is 0 Å². The topological polar surface area (TPSA) is 77.8 Å². The van der Waals surface area contributed by atoms with Crippen LogP contribution in [0.25, 0.3) is 0 Å². The summed E-state index contributed by atoms with van der Waals surface area (Å²) in [4.78, 5) is 12.0. The van der Waals surface area contributed by atoms with Crippen LogP contribution in [0.4, 0.5) is 0 Å². The van der Waals surface area contributed by atoms with Crippen molar-refractivity contribution in [2.45, 2.75) is 23.4 Å². The number of halogens is 3. The van der Waals surface area contributed by atoms with Gasteiger partial charge in [-0.15, -0.1) is 0 Å². The first kappa shape index (κ1) is 18.8. The molecule has 1 rings (SSSR count). The van der Waals surface area contributed by atoms with E-state index in [9.17, 15) is 9.36 Å². The summed E-state index contributed by atoms with van der Waals surface area (Å²) >= 11 is 17.4. The first-order valence-electron chi connectivity index (χ1n) is 6.04. The van der Waals surface area contributed by atoms with Gasteiger partial charge < -0.3 is 18.8 Å². The lowest BCUT2D eigenvalue weighted by Crippen LogP contribution is -2.44. The van der Waals surface area contributed by atoms with Crippen LogP contribution in [0.3, 0.4) is 0 Å². The number of nitrogens with one attached hydrogen (secondary N) is 1. The Morgan fingerprint density at radius 3 is 2.33 bits per heavy atom. The molecular weight excluding hydrogens is 363 g/mol. The number of carbonyl (C=O) groups excluding carboxylic acids is 1. The van der Waals surface area contributed by atoms with Crippen molar-refractivity contribution >= 4 is 48.3 Å². The van der Waals surface area contributed by atoms with Crippen molar-refractivity contribution in [3.8, 4) is 0 Å². The van der Waals surface area contributed by atoms with E-state index in [0.29, 0.717) is 0 Å². The minimum Gasteiger partial charge on any atom is -0.459 e. The second-order valence-corrected chi connectivity index (χ2v) is 8.25. The molecule has 0 unspecified atom stereocenters. The molecule has 0 saturated heterocycles. The van der Waals surface area contributed by atoms with Crippen molar-refractivity contribution < 1.29 is 22.8 Å². The van der Waals surface area contributed by atoms with Crippen LogP contribution in [-0.2, 0) is 13.6 Å². The van der Waals surface area contributed by atoms with E-state index in [-0.39, 0.29) is 19.0 Å². The maximum atomic E-state index is 12.7. The Bertz CT molecular complexity index is 492. The Labute approximate surface area is 137 Å². The van der Waals surface area contributed by atoms with Gasteiger partial charge in [-0.25, -0.2) is 0 Å². The lowest BCUT2D eigenvalue weighted by molar-refractivity contribution is 0.0910. The number of rotatable bonds is 7. The van der Waals surface area contributed by atoms with Crippen molar-refractivity contribution in [1.82, 2.24) is 5.32 Å². The molecule has 1 atom stereocenters. The zero-order valence-corrected chi connectivity index (χ0v) is 14.5. The largest absolute Gasteiger partial charge is 0.459 e. The standard InChI is InChI=1S/C11H15Cl3NO5P/c1-3-19-21(17,20-4-2)10(11(12,13)14)15-9(16)8-6-5-7-18-8/h5-7,10H,3-4H2,1-2H3,(H,15,16)/t10-/m1/s1. The van der Waals surface area contributed by atoms with Gasteiger partial charge in [0.1, 0.15) is 0 Å². The lowest BCUT2D eigenvalue weighted by Gasteiger charge is -2.31. The molecule has 1 amide bonds. The Hall–Kier alpha value is -0.230. The lowest BCUT2D eigenvalue weighted by atomic mass is 10.4.